The smallest absolute Gasteiger partial charge is 0.277 e. The van der Waals surface area contributed by atoms with Crippen molar-refractivity contribution in [2.45, 2.75) is 24.4 Å². The van der Waals surface area contributed by atoms with Crippen molar-refractivity contribution in [1.82, 2.24) is 20.0 Å². The molecule has 3 rings (SSSR count). The molecule has 0 aliphatic carbocycles. The first kappa shape index (κ1) is 15.4. The van der Waals surface area contributed by atoms with Crippen LogP contribution in [0.15, 0.2) is 40.2 Å². The van der Waals surface area contributed by atoms with Crippen molar-refractivity contribution in [2.75, 3.05) is 0 Å². The number of nitrogens with zero attached hydrogens (tertiary/aromatic N) is 4. The van der Waals surface area contributed by atoms with E-state index in [-0.39, 0.29) is 0 Å². The Morgan fingerprint density at radius 3 is 2.86 bits per heavy atom. The lowest BCUT2D eigenvalue weighted by molar-refractivity contribution is 0.466. The maximum atomic E-state index is 6.14. The Morgan fingerprint density at radius 2 is 2.14 bits per heavy atom. The quantitative estimate of drug-likeness (QED) is 0.629. The van der Waals surface area contributed by atoms with E-state index in [9.17, 15) is 0 Å². The zero-order chi connectivity index (χ0) is 15.5. The summed E-state index contributed by atoms with van der Waals surface area (Å²) < 4.78 is 7.44. The van der Waals surface area contributed by atoms with E-state index < -0.39 is 0 Å². The molecule has 22 heavy (non-hydrogen) atoms. The van der Waals surface area contributed by atoms with Crippen LogP contribution in [0.3, 0.4) is 0 Å². The van der Waals surface area contributed by atoms with Crippen LogP contribution in [0.5, 0.6) is 0 Å². The summed E-state index contributed by atoms with van der Waals surface area (Å²) in [6.45, 7) is 2.81. The number of hydrogen-bond donors (Lipinski definition) is 0. The molecule has 0 saturated heterocycles. The third-order valence-electron chi connectivity index (χ3n) is 2.98. The largest absolute Gasteiger partial charge is 0.411 e. The van der Waals surface area contributed by atoms with Gasteiger partial charge in [0.1, 0.15) is 0 Å². The van der Waals surface area contributed by atoms with Crippen LogP contribution in [0.25, 0.3) is 11.5 Å². The van der Waals surface area contributed by atoms with Gasteiger partial charge in [0.05, 0.1) is 11.8 Å². The van der Waals surface area contributed by atoms with Gasteiger partial charge in [-0.1, -0.05) is 41.0 Å². The maximum Gasteiger partial charge on any atom is 0.277 e. The highest BCUT2D eigenvalue weighted by Gasteiger charge is 2.12. The molecule has 2 heterocycles. The lowest BCUT2D eigenvalue weighted by Gasteiger charge is -2.01. The summed E-state index contributed by atoms with van der Waals surface area (Å²) in [6.07, 6.45) is 3.58. The van der Waals surface area contributed by atoms with Crippen LogP contribution >= 0.6 is 35.0 Å². The first-order valence-corrected chi connectivity index (χ1v) is 8.33. The van der Waals surface area contributed by atoms with Crippen LogP contribution in [-0.2, 0) is 12.3 Å². The topological polar surface area (TPSA) is 56.7 Å². The van der Waals surface area contributed by atoms with E-state index in [4.69, 9.17) is 27.6 Å². The van der Waals surface area contributed by atoms with E-state index in [1.54, 1.807) is 16.9 Å². The minimum absolute atomic E-state index is 0.462. The van der Waals surface area contributed by atoms with E-state index in [0.717, 1.165) is 17.7 Å². The van der Waals surface area contributed by atoms with E-state index in [2.05, 4.69) is 15.3 Å². The lowest BCUT2D eigenvalue weighted by atomic mass is 10.2. The van der Waals surface area contributed by atoms with Gasteiger partial charge in [-0.05, 0) is 24.6 Å². The molecule has 3 aromatic rings. The molecule has 1 aromatic carbocycles. The molecular weight excluding hydrogens is 343 g/mol. The number of hydrogen-bond acceptors (Lipinski definition) is 5. The number of thioether (sulfide) groups is 1. The van der Waals surface area contributed by atoms with Crippen LogP contribution < -0.4 is 0 Å². The molecule has 0 aliphatic rings. The fraction of sp³-hybridized carbons (Fsp3) is 0.214. The van der Waals surface area contributed by atoms with Crippen LogP contribution in [0.1, 0.15) is 12.5 Å². The summed E-state index contributed by atoms with van der Waals surface area (Å²) in [6, 6.07) is 5.42. The summed E-state index contributed by atoms with van der Waals surface area (Å²) in [5.41, 5.74) is 1.78. The van der Waals surface area contributed by atoms with E-state index in [0.29, 0.717) is 26.9 Å². The van der Waals surface area contributed by atoms with Crippen molar-refractivity contribution in [2.24, 2.45) is 0 Å². The molecule has 0 bridgehead atoms. The summed E-state index contributed by atoms with van der Waals surface area (Å²) in [7, 11) is 0. The minimum Gasteiger partial charge on any atom is -0.411 e. The fourth-order valence-corrected chi connectivity index (χ4v) is 3.13. The van der Waals surface area contributed by atoms with Crippen molar-refractivity contribution in [3.8, 4) is 11.5 Å². The van der Waals surface area contributed by atoms with E-state index in [1.165, 1.54) is 11.8 Å². The van der Waals surface area contributed by atoms with Gasteiger partial charge in [-0.3, -0.25) is 4.68 Å². The van der Waals surface area contributed by atoms with Crippen molar-refractivity contribution in [3.63, 3.8) is 0 Å². The first-order chi connectivity index (χ1) is 10.7. The molecule has 5 nitrogen and oxygen atoms in total. The first-order valence-electron chi connectivity index (χ1n) is 6.58. The standard InChI is InChI=1S/C14H12Cl2N4OS/c1-2-20-7-10(6-17-20)13-18-19-14(21-13)22-8-9-3-4-11(15)5-12(9)16/h3-7H,2,8H2,1H3. The van der Waals surface area contributed by atoms with Crippen LogP contribution in [0, 0.1) is 0 Å². The average molecular weight is 355 g/mol. The summed E-state index contributed by atoms with van der Waals surface area (Å²) >= 11 is 13.4. The van der Waals surface area contributed by atoms with Crippen molar-refractivity contribution >= 4 is 35.0 Å². The molecule has 0 unspecified atom stereocenters. The van der Waals surface area contributed by atoms with Gasteiger partial charge in [-0.25, -0.2) is 0 Å². The second-order valence-corrected chi connectivity index (χ2v) is 6.25. The number of rotatable bonds is 5. The Labute approximate surface area is 141 Å². The highest BCUT2D eigenvalue weighted by molar-refractivity contribution is 7.98. The Morgan fingerprint density at radius 1 is 1.27 bits per heavy atom. The molecule has 0 aliphatic heterocycles. The Bertz CT molecular complexity index is 787. The average Bonchev–Trinajstić information content (AvgIpc) is 3.15. The molecule has 0 N–H and O–H groups in total. The predicted molar refractivity (Wildman–Crippen MR) is 87.2 cm³/mol. The fourth-order valence-electron chi connectivity index (χ4n) is 1.81. The highest BCUT2D eigenvalue weighted by Crippen LogP contribution is 2.29. The monoisotopic (exact) mass is 354 g/mol. The van der Waals surface area contributed by atoms with Gasteiger partial charge in [0, 0.05) is 28.5 Å². The van der Waals surface area contributed by atoms with Gasteiger partial charge in [0.15, 0.2) is 0 Å². The number of halogens is 2. The van der Waals surface area contributed by atoms with Crippen LogP contribution in [-0.4, -0.2) is 20.0 Å². The Hall–Kier alpha value is -1.50. The van der Waals surface area contributed by atoms with E-state index in [1.807, 2.05) is 25.3 Å². The predicted octanol–water partition coefficient (Wildman–Crippen LogP) is 4.55. The summed E-state index contributed by atoms with van der Waals surface area (Å²) in [5.74, 6) is 1.09. The molecule has 0 saturated carbocycles. The number of aromatic nitrogens is 4. The van der Waals surface area contributed by atoms with Crippen LogP contribution in [0.2, 0.25) is 10.0 Å². The van der Waals surface area contributed by atoms with Gasteiger partial charge in [-0.2, -0.15) is 5.10 Å². The normalized spacial score (nSPS) is 11.0. The minimum atomic E-state index is 0.462. The SMILES string of the molecule is CCn1cc(-c2nnc(SCc3ccc(Cl)cc3Cl)o2)cn1. The van der Waals surface area contributed by atoms with Crippen molar-refractivity contribution in [1.29, 1.82) is 0 Å². The maximum absolute atomic E-state index is 6.14. The van der Waals surface area contributed by atoms with Gasteiger partial charge in [-0.15, -0.1) is 10.2 Å². The van der Waals surface area contributed by atoms with Gasteiger partial charge < -0.3 is 4.42 Å². The van der Waals surface area contributed by atoms with Crippen molar-refractivity contribution < 1.29 is 4.42 Å². The van der Waals surface area contributed by atoms with Gasteiger partial charge >= 0.3 is 0 Å². The lowest BCUT2D eigenvalue weighted by Crippen LogP contribution is -1.91. The molecule has 2 aromatic heterocycles. The van der Waals surface area contributed by atoms with E-state index >= 15 is 0 Å². The Kier molecular flexibility index (Phi) is 4.71. The number of benzene rings is 1. The second-order valence-electron chi connectivity index (χ2n) is 4.48. The molecule has 0 atom stereocenters. The third-order valence-corrected chi connectivity index (χ3v) is 4.43. The third kappa shape index (κ3) is 3.45. The number of aryl methyl sites for hydroxylation is 1. The van der Waals surface area contributed by atoms with Crippen LogP contribution in [0.4, 0.5) is 0 Å². The molecule has 0 radical (unpaired) electrons. The summed E-state index contributed by atoms with van der Waals surface area (Å²) in [4.78, 5) is 0. The van der Waals surface area contributed by atoms with Gasteiger partial charge in [0.25, 0.3) is 11.1 Å². The molecule has 0 amide bonds. The Balaban J connectivity index is 1.69. The molecule has 114 valence electrons. The molecule has 0 fully saturated rings. The zero-order valence-electron chi connectivity index (χ0n) is 11.7. The zero-order valence-corrected chi connectivity index (χ0v) is 14.0. The van der Waals surface area contributed by atoms with Gasteiger partial charge in [0.2, 0.25) is 0 Å². The summed E-state index contributed by atoms with van der Waals surface area (Å²) in [5, 5.41) is 14.0. The second kappa shape index (κ2) is 6.73. The molecule has 8 heteroatoms. The molecule has 0 spiro atoms. The van der Waals surface area contributed by atoms with Crippen molar-refractivity contribution in [3.05, 3.63) is 46.2 Å². The molecular formula is C14H12Cl2N4OS. The highest BCUT2D eigenvalue weighted by atomic mass is 35.5.